The fraction of sp³-hybridized carbons (Fsp3) is 0.231. The van der Waals surface area contributed by atoms with Crippen molar-refractivity contribution in [3.63, 3.8) is 0 Å². The maximum absolute atomic E-state index is 11.8. The summed E-state index contributed by atoms with van der Waals surface area (Å²) in [5, 5.41) is 8.73. The van der Waals surface area contributed by atoms with Crippen LogP contribution in [0, 0.1) is 18.3 Å². The van der Waals surface area contributed by atoms with Crippen molar-refractivity contribution in [2.75, 3.05) is 6.61 Å². The zero-order valence-corrected chi connectivity index (χ0v) is 11.8. The van der Waals surface area contributed by atoms with Crippen LogP contribution >= 0.6 is 0 Å². The van der Waals surface area contributed by atoms with Gasteiger partial charge in [-0.3, -0.25) is 0 Å². The Morgan fingerprint density at radius 3 is 2.45 bits per heavy atom. The molecule has 0 radical (unpaired) electrons. The number of carbonyl (C=O) groups is 1. The van der Waals surface area contributed by atoms with Gasteiger partial charge < -0.3 is 8.92 Å². The Morgan fingerprint density at radius 2 is 1.95 bits per heavy atom. The van der Waals surface area contributed by atoms with Crippen molar-refractivity contribution in [3.8, 4) is 6.07 Å². The Labute approximate surface area is 117 Å². The Kier molecular flexibility index (Phi) is 5.29. The normalized spacial score (nSPS) is 11.6. The lowest BCUT2D eigenvalue weighted by Crippen LogP contribution is -2.09. The number of nitrogens with zero attached hydrogens (tertiary/aromatic N) is 1. The Hall–Kier alpha value is -2.33. The summed E-state index contributed by atoms with van der Waals surface area (Å²) in [7, 11) is -4.07. The van der Waals surface area contributed by atoms with Crippen molar-refractivity contribution in [1.82, 2.24) is 0 Å². The van der Waals surface area contributed by atoms with Gasteiger partial charge in [-0.05, 0) is 26.0 Å². The molecule has 0 aromatic heterocycles. The second-order valence-electron chi connectivity index (χ2n) is 3.73. The van der Waals surface area contributed by atoms with Crippen LogP contribution in [0.1, 0.15) is 12.5 Å². The molecule has 0 aliphatic heterocycles. The number of rotatable bonds is 5. The van der Waals surface area contributed by atoms with E-state index in [1.807, 2.05) is 6.92 Å². The van der Waals surface area contributed by atoms with Crippen molar-refractivity contribution >= 4 is 16.1 Å². The van der Waals surface area contributed by atoms with E-state index in [0.29, 0.717) is 6.26 Å². The van der Waals surface area contributed by atoms with E-state index in [0.717, 1.165) is 5.56 Å². The van der Waals surface area contributed by atoms with Crippen molar-refractivity contribution in [2.24, 2.45) is 0 Å². The predicted octanol–water partition coefficient (Wildman–Crippen LogP) is 1.67. The Balaban J connectivity index is 2.94. The number of nitriles is 1. The molecule has 0 aliphatic carbocycles. The van der Waals surface area contributed by atoms with Gasteiger partial charge in [-0.25, -0.2) is 4.79 Å². The molecule has 0 saturated carbocycles. The van der Waals surface area contributed by atoms with E-state index in [4.69, 9.17) is 5.26 Å². The van der Waals surface area contributed by atoms with E-state index in [1.165, 1.54) is 18.2 Å². The first kappa shape index (κ1) is 15.7. The summed E-state index contributed by atoms with van der Waals surface area (Å²) < 4.78 is 32.8. The van der Waals surface area contributed by atoms with Crippen LogP contribution in [0.15, 0.2) is 41.0 Å². The van der Waals surface area contributed by atoms with E-state index in [9.17, 15) is 13.2 Å². The fourth-order valence-electron chi connectivity index (χ4n) is 1.20. The standard InChI is InChI=1S/C13H13NO5S/c1-3-18-13(15)11(8-14)9-19-20(16,17)12-6-4-10(2)5-7-12/h4-7,9H,3H2,1-2H3. The molecule has 0 fully saturated rings. The first-order valence-electron chi connectivity index (χ1n) is 5.68. The van der Waals surface area contributed by atoms with Gasteiger partial charge in [0, 0.05) is 0 Å². The SMILES string of the molecule is CCOC(=O)C(C#N)=COS(=O)(=O)c1ccc(C)cc1. The highest BCUT2D eigenvalue weighted by molar-refractivity contribution is 7.86. The van der Waals surface area contributed by atoms with Crippen molar-refractivity contribution in [3.05, 3.63) is 41.7 Å². The molecule has 0 spiro atoms. The minimum Gasteiger partial charge on any atom is -0.462 e. The lowest BCUT2D eigenvalue weighted by molar-refractivity contribution is -0.138. The summed E-state index contributed by atoms with van der Waals surface area (Å²) >= 11 is 0. The Bertz CT molecular complexity index is 653. The maximum atomic E-state index is 11.8. The van der Waals surface area contributed by atoms with E-state index >= 15 is 0 Å². The number of carbonyl (C=O) groups excluding carboxylic acids is 1. The molecule has 1 rings (SSSR count). The van der Waals surface area contributed by atoms with Gasteiger partial charge in [0.25, 0.3) is 0 Å². The number of aryl methyl sites for hydroxylation is 1. The molecule has 0 N–H and O–H groups in total. The van der Waals surface area contributed by atoms with Gasteiger partial charge in [-0.1, -0.05) is 17.7 Å². The molecule has 20 heavy (non-hydrogen) atoms. The highest BCUT2D eigenvalue weighted by atomic mass is 32.2. The number of benzene rings is 1. The minimum atomic E-state index is -4.07. The Morgan fingerprint density at radius 1 is 1.35 bits per heavy atom. The quantitative estimate of drug-likeness (QED) is 0.270. The van der Waals surface area contributed by atoms with Crippen LogP contribution < -0.4 is 0 Å². The smallest absolute Gasteiger partial charge is 0.352 e. The summed E-state index contributed by atoms with van der Waals surface area (Å²) in [5.41, 5.74) is 0.367. The molecule has 106 valence electrons. The summed E-state index contributed by atoms with van der Waals surface area (Å²) in [4.78, 5) is 11.2. The summed E-state index contributed by atoms with van der Waals surface area (Å²) in [6.45, 7) is 3.45. The van der Waals surface area contributed by atoms with Gasteiger partial charge in [-0.15, -0.1) is 0 Å². The van der Waals surface area contributed by atoms with Gasteiger partial charge in [-0.2, -0.15) is 13.7 Å². The number of ether oxygens (including phenoxy) is 1. The molecule has 0 heterocycles. The van der Waals surface area contributed by atoms with Crippen LogP contribution in [0.3, 0.4) is 0 Å². The third kappa shape index (κ3) is 4.10. The summed E-state index contributed by atoms with van der Waals surface area (Å²) in [5.74, 6) is -0.936. The largest absolute Gasteiger partial charge is 0.462 e. The molecular formula is C13H13NO5S. The molecule has 0 bridgehead atoms. The third-order valence-electron chi connectivity index (χ3n) is 2.22. The summed E-state index contributed by atoms with van der Waals surface area (Å²) in [6.07, 6.45) is 0.577. The van der Waals surface area contributed by atoms with Crippen molar-refractivity contribution in [1.29, 1.82) is 5.26 Å². The highest BCUT2D eigenvalue weighted by Crippen LogP contribution is 2.14. The molecule has 0 saturated heterocycles. The molecule has 1 aromatic carbocycles. The number of hydrogen-bond donors (Lipinski definition) is 0. The number of esters is 1. The highest BCUT2D eigenvalue weighted by Gasteiger charge is 2.17. The molecular weight excluding hydrogens is 282 g/mol. The van der Waals surface area contributed by atoms with Crippen LogP contribution in [0.2, 0.25) is 0 Å². The van der Waals surface area contributed by atoms with Gasteiger partial charge in [0.1, 0.15) is 17.2 Å². The monoisotopic (exact) mass is 295 g/mol. The van der Waals surface area contributed by atoms with E-state index in [1.54, 1.807) is 19.1 Å². The zero-order valence-electron chi connectivity index (χ0n) is 11.0. The molecule has 7 heteroatoms. The average molecular weight is 295 g/mol. The first-order chi connectivity index (χ1) is 9.40. The third-order valence-corrected chi connectivity index (χ3v) is 3.42. The second kappa shape index (κ2) is 6.73. The fourth-order valence-corrected chi connectivity index (χ4v) is 2.00. The molecule has 0 amide bonds. The molecule has 6 nitrogen and oxygen atoms in total. The molecule has 1 aromatic rings. The topological polar surface area (TPSA) is 93.5 Å². The predicted molar refractivity (Wildman–Crippen MR) is 69.8 cm³/mol. The van der Waals surface area contributed by atoms with Crippen LogP contribution in [-0.4, -0.2) is 21.0 Å². The van der Waals surface area contributed by atoms with E-state index < -0.39 is 21.7 Å². The maximum Gasteiger partial charge on any atom is 0.352 e. The van der Waals surface area contributed by atoms with Gasteiger partial charge in [0.05, 0.1) is 6.61 Å². The lowest BCUT2D eigenvalue weighted by Gasteiger charge is -2.04. The lowest BCUT2D eigenvalue weighted by atomic mass is 10.2. The number of hydrogen-bond acceptors (Lipinski definition) is 6. The van der Waals surface area contributed by atoms with Crippen LogP contribution in [-0.2, 0) is 23.8 Å². The second-order valence-corrected chi connectivity index (χ2v) is 5.30. The van der Waals surface area contributed by atoms with Gasteiger partial charge >= 0.3 is 16.1 Å². The van der Waals surface area contributed by atoms with Crippen molar-refractivity contribution < 1.29 is 22.1 Å². The van der Waals surface area contributed by atoms with E-state index in [-0.39, 0.29) is 11.5 Å². The average Bonchev–Trinajstić information content (AvgIpc) is 2.40. The van der Waals surface area contributed by atoms with Gasteiger partial charge in [0.15, 0.2) is 5.57 Å². The van der Waals surface area contributed by atoms with Crippen LogP contribution in [0.4, 0.5) is 0 Å². The minimum absolute atomic E-state index is 0.0690. The van der Waals surface area contributed by atoms with Crippen LogP contribution in [0.25, 0.3) is 0 Å². The van der Waals surface area contributed by atoms with Gasteiger partial charge in [0.2, 0.25) is 0 Å². The first-order valence-corrected chi connectivity index (χ1v) is 7.09. The van der Waals surface area contributed by atoms with E-state index in [2.05, 4.69) is 8.92 Å². The molecule has 0 unspecified atom stereocenters. The van der Waals surface area contributed by atoms with Crippen LogP contribution in [0.5, 0.6) is 0 Å². The molecule has 0 aliphatic rings. The summed E-state index contributed by atoms with van der Waals surface area (Å²) in [6, 6.07) is 7.47. The molecule has 0 atom stereocenters. The van der Waals surface area contributed by atoms with Crippen molar-refractivity contribution in [2.45, 2.75) is 18.7 Å². The zero-order chi connectivity index (χ0) is 15.2.